The molecule has 2 aromatic carbocycles. The van der Waals surface area contributed by atoms with Crippen LogP contribution in [0, 0.1) is 11.3 Å². The van der Waals surface area contributed by atoms with Crippen LogP contribution in [0.15, 0.2) is 76.2 Å². The normalized spacial score (nSPS) is 20.6. The minimum atomic E-state index is -0.465. The number of nitrogens with two attached hydrogens (primary N) is 1. The zero-order chi connectivity index (χ0) is 20.1. The summed E-state index contributed by atoms with van der Waals surface area (Å²) in [6.45, 7) is 0. The Morgan fingerprint density at radius 2 is 1.90 bits per heavy atom. The van der Waals surface area contributed by atoms with Gasteiger partial charge < -0.3 is 5.73 Å². The molecule has 0 unspecified atom stereocenters. The van der Waals surface area contributed by atoms with Crippen LogP contribution in [0.25, 0.3) is 0 Å². The van der Waals surface area contributed by atoms with E-state index in [-0.39, 0.29) is 5.78 Å². The third kappa shape index (κ3) is 2.60. The fraction of sp³-hybridized carbons (Fsp3) is 0.174. The molecule has 0 aromatic heterocycles. The van der Waals surface area contributed by atoms with Crippen molar-refractivity contribution in [2.75, 3.05) is 4.90 Å². The number of nitriles is 1. The van der Waals surface area contributed by atoms with Crippen molar-refractivity contribution in [3.63, 3.8) is 0 Å². The van der Waals surface area contributed by atoms with Crippen LogP contribution in [-0.2, 0) is 4.79 Å². The molecule has 3 aliphatic rings. The number of amidine groups is 1. The van der Waals surface area contributed by atoms with E-state index in [2.05, 4.69) is 11.1 Å². The lowest BCUT2D eigenvalue weighted by Gasteiger charge is -2.41. The van der Waals surface area contributed by atoms with E-state index in [9.17, 15) is 10.1 Å². The number of ketones is 1. The summed E-state index contributed by atoms with van der Waals surface area (Å²) in [6, 6.07) is 17.3. The molecule has 0 bridgehead atoms. The van der Waals surface area contributed by atoms with E-state index in [4.69, 9.17) is 17.3 Å². The fourth-order valence-corrected chi connectivity index (χ4v) is 4.59. The van der Waals surface area contributed by atoms with Crippen LogP contribution >= 0.6 is 11.6 Å². The summed E-state index contributed by atoms with van der Waals surface area (Å²) in [4.78, 5) is 19.7. The number of fused-ring (bicyclic) bond motifs is 4. The molecule has 0 spiro atoms. The molecule has 142 valence electrons. The number of aliphatic imine (C=N–C) groups is 1. The molecular formula is C23H17ClN4O. The van der Waals surface area contributed by atoms with Gasteiger partial charge in [0.05, 0.1) is 23.2 Å². The molecule has 6 heteroatoms. The molecular weight excluding hydrogens is 384 g/mol. The lowest BCUT2D eigenvalue weighted by Crippen LogP contribution is -2.39. The molecule has 2 N–H and O–H groups in total. The fourth-order valence-electron chi connectivity index (χ4n) is 4.46. The van der Waals surface area contributed by atoms with Gasteiger partial charge in [0.25, 0.3) is 0 Å². The van der Waals surface area contributed by atoms with Crippen molar-refractivity contribution in [3.05, 3.63) is 87.3 Å². The van der Waals surface area contributed by atoms with Crippen molar-refractivity contribution < 1.29 is 4.79 Å². The molecule has 1 atom stereocenters. The number of halogens is 1. The van der Waals surface area contributed by atoms with E-state index >= 15 is 0 Å². The smallest absolute Gasteiger partial charge is 0.161 e. The molecule has 1 aliphatic carbocycles. The first kappa shape index (κ1) is 17.7. The second-order valence-corrected chi connectivity index (χ2v) is 7.76. The van der Waals surface area contributed by atoms with E-state index in [1.165, 1.54) is 0 Å². The second-order valence-electron chi connectivity index (χ2n) is 7.32. The number of carbonyl (C=O) groups excluding carboxylic acids is 1. The number of Topliss-reactive ketones (excluding diaryl/α,β-unsaturated/α-hetero) is 1. The van der Waals surface area contributed by atoms with E-state index in [1.54, 1.807) is 12.1 Å². The summed E-state index contributed by atoms with van der Waals surface area (Å²) < 4.78 is 0. The van der Waals surface area contributed by atoms with Gasteiger partial charge in [0.15, 0.2) is 11.6 Å². The zero-order valence-corrected chi connectivity index (χ0v) is 16.3. The minimum Gasteiger partial charge on any atom is -0.383 e. The summed E-state index contributed by atoms with van der Waals surface area (Å²) in [7, 11) is 0. The molecule has 0 saturated heterocycles. The summed E-state index contributed by atoms with van der Waals surface area (Å²) in [5, 5.41) is 10.7. The molecule has 0 saturated carbocycles. The minimum absolute atomic E-state index is 0.0815. The monoisotopic (exact) mass is 400 g/mol. The number of rotatable bonds is 1. The van der Waals surface area contributed by atoms with Gasteiger partial charge in [-0.2, -0.15) is 5.26 Å². The molecule has 5 rings (SSSR count). The summed E-state index contributed by atoms with van der Waals surface area (Å²) in [5.74, 6) is 0.504. The largest absolute Gasteiger partial charge is 0.383 e. The van der Waals surface area contributed by atoms with Crippen LogP contribution in [0.2, 0.25) is 5.02 Å². The number of allylic oxidation sites excluding steroid dienone is 3. The quantitative estimate of drug-likeness (QED) is 0.768. The number of carbonyl (C=O) groups is 1. The highest BCUT2D eigenvalue weighted by atomic mass is 35.5. The van der Waals surface area contributed by atoms with Gasteiger partial charge in [-0.3, -0.25) is 9.69 Å². The zero-order valence-electron chi connectivity index (χ0n) is 15.5. The van der Waals surface area contributed by atoms with Crippen molar-refractivity contribution in [2.24, 2.45) is 10.7 Å². The number of nitrogens with zero attached hydrogens (tertiary/aromatic N) is 3. The first-order valence-electron chi connectivity index (χ1n) is 9.50. The standard InChI is InChI=1S/C23H17ClN4O/c24-14-10-8-13(9-11-14)20-16(12-25)23-27-22(26)15-4-1-2-5-17(15)28(23)18-6-3-7-19(29)21(18)20/h1-2,4-5,8-11,20H,3,6-7H2,(H2,26,27)/t20-/m0/s1. The maximum atomic E-state index is 13.1. The Labute approximate surface area is 173 Å². The number of hydrogen-bond donors (Lipinski definition) is 1. The van der Waals surface area contributed by atoms with E-state index < -0.39 is 5.92 Å². The highest BCUT2D eigenvalue weighted by Gasteiger charge is 2.42. The second kappa shape index (κ2) is 6.61. The predicted octanol–water partition coefficient (Wildman–Crippen LogP) is 4.40. The van der Waals surface area contributed by atoms with Gasteiger partial charge in [0.1, 0.15) is 5.84 Å². The summed E-state index contributed by atoms with van der Waals surface area (Å²) in [5.41, 5.74) is 10.8. The average Bonchev–Trinajstić information content (AvgIpc) is 2.74. The predicted molar refractivity (Wildman–Crippen MR) is 112 cm³/mol. The highest BCUT2D eigenvalue weighted by molar-refractivity contribution is 6.30. The maximum absolute atomic E-state index is 13.1. The molecule has 29 heavy (non-hydrogen) atoms. The Morgan fingerprint density at radius 1 is 1.14 bits per heavy atom. The Balaban J connectivity index is 1.83. The Bertz CT molecular complexity index is 1180. The highest BCUT2D eigenvalue weighted by Crippen LogP contribution is 2.49. The molecule has 0 amide bonds. The number of para-hydroxylation sites is 1. The van der Waals surface area contributed by atoms with Crippen LogP contribution in [0.1, 0.15) is 36.3 Å². The molecule has 5 nitrogen and oxygen atoms in total. The average molecular weight is 401 g/mol. The topological polar surface area (TPSA) is 82.5 Å². The lowest BCUT2D eigenvalue weighted by atomic mass is 9.75. The summed E-state index contributed by atoms with van der Waals surface area (Å²) >= 11 is 6.07. The third-order valence-corrected chi connectivity index (χ3v) is 5.95. The van der Waals surface area contributed by atoms with Gasteiger partial charge in [-0.1, -0.05) is 35.9 Å². The van der Waals surface area contributed by atoms with Gasteiger partial charge in [-0.15, -0.1) is 0 Å². The molecule has 2 heterocycles. The van der Waals surface area contributed by atoms with E-state index in [0.29, 0.717) is 34.2 Å². The Morgan fingerprint density at radius 3 is 2.66 bits per heavy atom. The summed E-state index contributed by atoms with van der Waals surface area (Å²) in [6.07, 6.45) is 2.01. The Kier molecular flexibility index (Phi) is 4.04. The van der Waals surface area contributed by atoms with Crippen molar-refractivity contribution in [1.82, 2.24) is 0 Å². The molecule has 2 aromatic rings. The first-order chi connectivity index (χ1) is 14.1. The van der Waals surface area contributed by atoms with Gasteiger partial charge >= 0.3 is 0 Å². The van der Waals surface area contributed by atoms with Crippen LogP contribution < -0.4 is 10.6 Å². The van der Waals surface area contributed by atoms with Crippen LogP contribution in [0.3, 0.4) is 0 Å². The Hall–Kier alpha value is -3.36. The SMILES string of the molecule is N#CC1=C2N=C(N)c3ccccc3N2C2=C(C(=O)CCC2)[C@H]1c1ccc(Cl)cc1. The van der Waals surface area contributed by atoms with Gasteiger partial charge in [0, 0.05) is 28.3 Å². The number of benzene rings is 2. The van der Waals surface area contributed by atoms with Crippen LogP contribution in [-0.4, -0.2) is 11.6 Å². The maximum Gasteiger partial charge on any atom is 0.161 e. The van der Waals surface area contributed by atoms with Gasteiger partial charge in [-0.05, 0) is 42.7 Å². The molecule has 0 fully saturated rings. The van der Waals surface area contributed by atoms with E-state index in [1.807, 2.05) is 41.3 Å². The van der Waals surface area contributed by atoms with Crippen LogP contribution in [0.5, 0.6) is 0 Å². The first-order valence-corrected chi connectivity index (χ1v) is 9.87. The van der Waals surface area contributed by atoms with Crippen molar-refractivity contribution in [2.45, 2.75) is 25.2 Å². The van der Waals surface area contributed by atoms with Crippen molar-refractivity contribution in [1.29, 1.82) is 5.26 Å². The number of anilines is 1. The molecule has 2 aliphatic heterocycles. The third-order valence-electron chi connectivity index (χ3n) is 5.70. The number of hydrogen-bond acceptors (Lipinski definition) is 5. The van der Waals surface area contributed by atoms with Gasteiger partial charge in [-0.25, -0.2) is 4.99 Å². The van der Waals surface area contributed by atoms with Crippen LogP contribution in [0.4, 0.5) is 5.69 Å². The van der Waals surface area contributed by atoms with Crippen molar-refractivity contribution >= 4 is 28.9 Å². The lowest BCUT2D eigenvalue weighted by molar-refractivity contribution is -0.116. The molecule has 0 radical (unpaired) electrons. The van der Waals surface area contributed by atoms with Crippen molar-refractivity contribution in [3.8, 4) is 6.07 Å². The van der Waals surface area contributed by atoms with Gasteiger partial charge in [0.2, 0.25) is 0 Å². The van der Waals surface area contributed by atoms with E-state index in [0.717, 1.165) is 35.4 Å².